The van der Waals surface area contributed by atoms with Gasteiger partial charge in [0.1, 0.15) is 11.3 Å². The minimum Gasteiger partial charge on any atom is -0.444 e. The number of ether oxygens (including phenoxy) is 2. The lowest BCUT2D eigenvalue weighted by Gasteiger charge is -2.37. The van der Waals surface area contributed by atoms with Crippen molar-refractivity contribution in [1.29, 1.82) is 5.26 Å². The maximum Gasteiger partial charge on any atom is 0.410 e. The fraction of sp³-hybridized carbons (Fsp3) is 0.414. The number of urea groups is 1. The fourth-order valence-electron chi connectivity index (χ4n) is 5.01. The number of benzene rings is 1. The lowest BCUT2D eigenvalue weighted by Crippen LogP contribution is -2.54. The van der Waals surface area contributed by atoms with Gasteiger partial charge in [-0.2, -0.15) is 5.26 Å². The van der Waals surface area contributed by atoms with E-state index in [1.807, 2.05) is 0 Å². The number of likely N-dealkylation sites (tertiary alicyclic amines) is 1. The van der Waals surface area contributed by atoms with Crippen LogP contribution in [0.25, 0.3) is 21.7 Å². The zero-order valence-electron chi connectivity index (χ0n) is 23.6. The molecule has 0 aliphatic carbocycles. The molecule has 4 heterocycles. The number of aryl methyl sites for hydroxylation is 1. The number of hydrogen-bond donors (Lipinski definition) is 1. The van der Waals surface area contributed by atoms with Gasteiger partial charge in [-0.3, -0.25) is 15.2 Å². The second-order valence-electron chi connectivity index (χ2n) is 11.1. The van der Waals surface area contributed by atoms with Gasteiger partial charge in [-0.15, -0.1) is 0 Å². The van der Waals surface area contributed by atoms with Gasteiger partial charge in [0, 0.05) is 24.3 Å². The lowest BCUT2D eigenvalue weighted by molar-refractivity contribution is -0.0569. The van der Waals surface area contributed by atoms with Crippen LogP contribution >= 0.6 is 11.3 Å². The van der Waals surface area contributed by atoms with Gasteiger partial charge in [-0.05, 0) is 57.5 Å². The standard InChI is InChI=1S/C29H30F2N6O4S/c1-16-10-19(12-20(33-16)25(30)31)24-23(18-7-5-6-17(11-18)13-32)34-26(42-24)35-27(38)36-14-21-22(15-36)40-9-8-37(21)28(39)41-29(2,3)4/h5-7,10-12,21-22,25H,8-9,14-15H2,1-4H3,(H,34,35,38). The number of hydrogen-bond acceptors (Lipinski definition) is 8. The molecule has 220 valence electrons. The summed E-state index contributed by atoms with van der Waals surface area (Å²) in [5, 5.41) is 12.5. The molecule has 13 heteroatoms. The van der Waals surface area contributed by atoms with Gasteiger partial charge in [0.25, 0.3) is 6.43 Å². The SMILES string of the molecule is Cc1cc(-c2sc(NC(=O)N3CC4OCCN(C(=O)OC(C)(C)C)C4C3)nc2-c2cccc(C#N)c2)cc(C(F)F)n1. The van der Waals surface area contributed by atoms with Gasteiger partial charge in [0.2, 0.25) is 0 Å². The second-order valence-corrected chi connectivity index (χ2v) is 12.1. The van der Waals surface area contributed by atoms with E-state index in [-0.39, 0.29) is 36.1 Å². The number of alkyl halides is 2. The summed E-state index contributed by atoms with van der Waals surface area (Å²) in [4.78, 5) is 38.5. The molecule has 2 aromatic heterocycles. The number of fused-ring (bicyclic) bond motifs is 1. The van der Waals surface area contributed by atoms with Crippen molar-refractivity contribution in [1.82, 2.24) is 19.8 Å². The number of thiazole rings is 1. The molecule has 3 amide bonds. The van der Waals surface area contributed by atoms with Crippen molar-refractivity contribution >= 4 is 28.6 Å². The van der Waals surface area contributed by atoms with Crippen molar-refractivity contribution in [3.8, 4) is 27.8 Å². The smallest absolute Gasteiger partial charge is 0.410 e. The zero-order valence-corrected chi connectivity index (χ0v) is 24.4. The number of carbonyl (C=O) groups excluding carboxylic acids is 2. The number of rotatable bonds is 4. The van der Waals surface area contributed by atoms with E-state index in [9.17, 15) is 23.6 Å². The Morgan fingerprint density at radius 1 is 1.19 bits per heavy atom. The quantitative estimate of drug-likeness (QED) is 0.402. The third-order valence-corrected chi connectivity index (χ3v) is 7.80. The molecule has 10 nitrogen and oxygen atoms in total. The lowest BCUT2D eigenvalue weighted by atomic mass is 10.0. The summed E-state index contributed by atoms with van der Waals surface area (Å²) in [5.74, 6) is 0. The molecule has 2 unspecified atom stereocenters. The van der Waals surface area contributed by atoms with Gasteiger partial charge in [-0.1, -0.05) is 23.5 Å². The minimum absolute atomic E-state index is 0.242. The molecule has 2 fully saturated rings. The molecule has 2 aliphatic heterocycles. The normalized spacial score (nSPS) is 18.5. The van der Waals surface area contributed by atoms with Crippen LogP contribution in [0.4, 0.5) is 23.5 Å². The number of morpholine rings is 1. The third-order valence-electron chi connectivity index (χ3n) is 6.78. The molecule has 0 bridgehead atoms. The predicted octanol–water partition coefficient (Wildman–Crippen LogP) is 5.84. The Morgan fingerprint density at radius 2 is 1.98 bits per heavy atom. The Labute approximate surface area is 245 Å². The van der Waals surface area contributed by atoms with Crippen molar-refractivity contribution in [3.05, 3.63) is 53.3 Å². The Bertz CT molecular complexity index is 1550. The molecule has 0 radical (unpaired) electrons. The summed E-state index contributed by atoms with van der Waals surface area (Å²) in [6.07, 6.45) is -3.57. The van der Waals surface area contributed by atoms with Crippen molar-refractivity contribution < 1.29 is 27.8 Å². The molecule has 0 spiro atoms. The summed E-state index contributed by atoms with van der Waals surface area (Å²) in [7, 11) is 0. The van der Waals surface area contributed by atoms with E-state index in [1.54, 1.807) is 67.8 Å². The van der Waals surface area contributed by atoms with E-state index < -0.39 is 24.2 Å². The average Bonchev–Trinajstić information content (AvgIpc) is 3.56. The average molecular weight is 597 g/mol. The van der Waals surface area contributed by atoms with Crippen LogP contribution in [0.1, 0.15) is 44.1 Å². The highest BCUT2D eigenvalue weighted by Gasteiger charge is 2.45. The van der Waals surface area contributed by atoms with Crippen molar-refractivity contribution in [2.24, 2.45) is 0 Å². The van der Waals surface area contributed by atoms with Gasteiger partial charge in [0.15, 0.2) is 5.13 Å². The number of carbonyl (C=O) groups is 2. The molecule has 5 rings (SSSR count). The van der Waals surface area contributed by atoms with Gasteiger partial charge in [-0.25, -0.2) is 23.4 Å². The molecule has 42 heavy (non-hydrogen) atoms. The van der Waals surface area contributed by atoms with Crippen molar-refractivity contribution in [2.75, 3.05) is 31.6 Å². The number of pyridine rings is 1. The number of nitrogens with one attached hydrogen (secondary N) is 1. The van der Waals surface area contributed by atoms with E-state index in [2.05, 4.69) is 21.4 Å². The Morgan fingerprint density at radius 3 is 2.69 bits per heavy atom. The van der Waals surface area contributed by atoms with Gasteiger partial charge >= 0.3 is 12.1 Å². The molecule has 2 atom stereocenters. The largest absolute Gasteiger partial charge is 0.444 e. The number of aromatic nitrogens is 2. The van der Waals surface area contributed by atoms with Crippen LogP contribution in [-0.2, 0) is 9.47 Å². The number of anilines is 1. The van der Waals surface area contributed by atoms with Crippen LogP contribution in [0.2, 0.25) is 0 Å². The topological polar surface area (TPSA) is 121 Å². The van der Waals surface area contributed by atoms with Crippen LogP contribution in [-0.4, -0.2) is 75.9 Å². The second kappa shape index (κ2) is 11.6. The highest BCUT2D eigenvalue weighted by molar-refractivity contribution is 7.19. The van der Waals surface area contributed by atoms with Crippen molar-refractivity contribution in [2.45, 2.75) is 51.9 Å². The number of halogens is 2. The summed E-state index contributed by atoms with van der Waals surface area (Å²) < 4.78 is 38.6. The van der Waals surface area contributed by atoms with Crippen molar-refractivity contribution in [3.63, 3.8) is 0 Å². The van der Waals surface area contributed by atoms with Gasteiger partial charge in [0.05, 0.1) is 47.5 Å². The third kappa shape index (κ3) is 6.34. The molecule has 2 aliphatic rings. The first-order valence-corrected chi connectivity index (χ1v) is 14.2. The summed E-state index contributed by atoms with van der Waals surface area (Å²) in [6.45, 7) is 8.23. The molecule has 3 aromatic rings. The van der Waals surface area contributed by atoms with E-state index in [0.717, 1.165) is 11.3 Å². The van der Waals surface area contributed by atoms with E-state index in [1.165, 1.54) is 6.07 Å². The fourth-order valence-corrected chi connectivity index (χ4v) is 5.97. The maximum absolute atomic E-state index is 13.6. The van der Waals surface area contributed by atoms with E-state index in [4.69, 9.17) is 9.47 Å². The number of nitriles is 1. The van der Waals surface area contributed by atoms with Crippen LogP contribution < -0.4 is 5.32 Å². The Hall–Kier alpha value is -4.15. The monoisotopic (exact) mass is 596 g/mol. The van der Waals surface area contributed by atoms with E-state index >= 15 is 0 Å². The molecule has 1 aromatic carbocycles. The summed E-state index contributed by atoms with van der Waals surface area (Å²) >= 11 is 1.13. The molecule has 2 saturated heterocycles. The number of nitrogens with zero attached hydrogens (tertiary/aromatic N) is 5. The first-order valence-electron chi connectivity index (χ1n) is 13.4. The zero-order chi connectivity index (χ0) is 30.2. The highest BCUT2D eigenvalue weighted by Crippen LogP contribution is 2.40. The van der Waals surface area contributed by atoms with Crippen LogP contribution in [0, 0.1) is 18.3 Å². The Kier molecular flexibility index (Phi) is 8.12. The van der Waals surface area contributed by atoms with Crippen LogP contribution in [0.3, 0.4) is 0 Å². The van der Waals surface area contributed by atoms with Gasteiger partial charge < -0.3 is 14.4 Å². The predicted molar refractivity (Wildman–Crippen MR) is 152 cm³/mol. The molecular weight excluding hydrogens is 566 g/mol. The van der Waals surface area contributed by atoms with Crippen LogP contribution in [0.15, 0.2) is 36.4 Å². The maximum atomic E-state index is 13.6. The molecule has 1 N–H and O–H groups in total. The Balaban J connectivity index is 1.42. The summed E-state index contributed by atoms with van der Waals surface area (Å²) in [5.41, 5.74) is 1.31. The minimum atomic E-state index is -2.76. The molecular formula is C29H30F2N6O4S. The van der Waals surface area contributed by atoms with E-state index in [0.29, 0.717) is 46.1 Å². The number of amides is 3. The first kappa shape index (κ1) is 29.3. The summed E-state index contributed by atoms with van der Waals surface area (Å²) in [6, 6.07) is 11.1. The highest BCUT2D eigenvalue weighted by atomic mass is 32.1. The van der Waals surface area contributed by atoms with Crippen LogP contribution in [0.5, 0.6) is 0 Å². The molecule has 0 saturated carbocycles. The first-order chi connectivity index (χ1) is 19.9.